The van der Waals surface area contributed by atoms with Crippen LogP contribution in [0, 0.1) is 0 Å². The van der Waals surface area contributed by atoms with Crippen LogP contribution in [0.15, 0.2) is 15.3 Å². The minimum absolute atomic E-state index is 0.403. The minimum Gasteiger partial charge on any atom is -0.463 e. The predicted octanol–water partition coefficient (Wildman–Crippen LogP) is 1.43. The zero-order valence-electron chi connectivity index (χ0n) is 32.1. The van der Waals surface area contributed by atoms with Gasteiger partial charge in [0, 0.05) is 63.2 Å². The molecule has 27 heteroatoms. The molecule has 0 aromatic rings. The molecule has 58 heavy (non-hydrogen) atoms. The highest BCUT2D eigenvalue weighted by Gasteiger charge is 2.58. The lowest BCUT2D eigenvalue weighted by atomic mass is 9.83. The van der Waals surface area contributed by atoms with E-state index < -0.39 is 147 Å². The molecular formula is C31H41N9O18. The molecule has 0 bridgehead atoms. The summed E-state index contributed by atoms with van der Waals surface area (Å²) >= 11 is 0. The third-order valence-electron chi connectivity index (χ3n) is 8.35. The molecular weight excluding hydrogens is 786 g/mol. The van der Waals surface area contributed by atoms with Gasteiger partial charge in [-0.25, -0.2) is 0 Å². The van der Waals surface area contributed by atoms with Gasteiger partial charge in [0.25, 0.3) is 0 Å². The van der Waals surface area contributed by atoms with E-state index in [0.29, 0.717) is 0 Å². The largest absolute Gasteiger partial charge is 0.463 e. The van der Waals surface area contributed by atoms with E-state index in [4.69, 9.17) is 52.1 Å². The van der Waals surface area contributed by atoms with Crippen LogP contribution >= 0.6 is 0 Å². The Morgan fingerprint density at radius 3 is 1.31 bits per heavy atom. The van der Waals surface area contributed by atoms with Gasteiger partial charge in [-0.1, -0.05) is 15.3 Å². The summed E-state index contributed by atoms with van der Waals surface area (Å²) in [7, 11) is 0. The molecule has 0 spiro atoms. The van der Waals surface area contributed by atoms with Crippen LogP contribution < -0.4 is 0 Å². The molecule has 14 atom stereocenters. The SMILES string of the molecule is CC(=O)OC[C@H]1O[C@H](O[C@H]2[C@H](O[C@@H]3O[C@H](COC(C)=O)[C@@H](OC(C)=O)[C@H]3OC(C)=O)[C@@H](OC(C)=O)[C@H](N=[N+]=[N-])C[C@@H]2N=[N+]=[N-])[C@H](N=[N+]=[N-])[C@@H](OC(C)=O)[C@@H]1OC(C)=O. The minimum atomic E-state index is -1.90. The van der Waals surface area contributed by atoms with Gasteiger partial charge in [-0.05, 0) is 23.0 Å². The van der Waals surface area contributed by atoms with Gasteiger partial charge >= 0.3 is 41.8 Å². The van der Waals surface area contributed by atoms with Crippen molar-refractivity contribution in [3.05, 3.63) is 31.3 Å². The average molecular weight is 828 g/mol. The Labute approximate surface area is 327 Å². The van der Waals surface area contributed by atoms with Gasteiger partial charge < -0.3 is 52.1 Å². The highest BCUT2D eigenvalue weighted by molar-refractivity contribution is 5.69. The van der Waals surface area contributed by atoms with E-state index in [0.717, 1.165) is 48.5 Å². The van der Waals surface area contributed by atoms with Gasteiger partial charge in [-0.15, -0.1) is 0 Å². The Bertz CT molecular complexity index is 1720. The summed E-state index contributed by atoms with van der Waals surface area (Å²) in [6.07, 6.45) is -18.5. The molecule has 27 nitrogen and oxygen atoms in total. The standard InChI is InChI=1S/C31H41N9O18/c1-11(41)48-9-20-25(51-14(4)44)27(53-16(6)46)22(37-40-34)30(55-20)57-24-19(36-39-33)8-18(35-38-32)23(50-13(3)43)28(24)58-31-29(54-17(7)47)26(52-15(5)45)21(56-31)10-49-12(2)42/h18-31H,8-10H2,1-7H3/t18-,19+,20-,21-,22-,23+,24-,25-,26-,27-,28-,29-,30-,31+/m1/s1. The maximum absolute atomic E-state index is 12.6. The number of carbonyl (C=O) groups excluding carboxylic acids is 7. The van der Waals surface area contributed by atoms with Crippen LogP contribution in [0.1, 0.15) is 54.9 Å². The van der Waals surface area contributed by atoms with Crippen molar-refractivity contribution >= 4 is 41.8 Å². The molecule has 2 saturated heterocycles. The van der Waals surface area contributed by atoms with Crippen molar-refractivity contribution in [1.82, 2.24) is 0 Å². The summed E-state index contributed by atoms with van der Waals surface area (Å²) in [5.74, 6) is -6.18. The van der Waals surface area contributed by atoms with Gasteiger partial charge in [0.2, 0.25) is 0 Å². The Kier molecular flexibility index (Phi) is 17.3. The van der Waals surface area contributed by atoms with Crippen molar-refractivity contribution in [3.63, 3.8) is 0 Å². The summed E-state index contributed by atoms with van der Waals surface area (Å²) in [6.45, 7) is 5.99. The first-order valence-corrected chi connectivity index (χ1v) is 17.3. The van der Waals surface area contributed by atoms with E-state index in [9.17, 15) is 50.2 Å². The lowest BCUT2D eigenvalue weighted by Gasteiger charge is -2.48. The molecule has 318 valence electrons. The highest BCUT2D eigenvalue weighted by Crippen LogP contribution is 2.39. The van der Waals surface area contributed by atoms with Crippen LogP contribution in [-0.2, 0) is 85.7 Å². The first kappa shape index (κ1) is 46.4. The second-order valence-corrected chi connectivity index (χ2v) is 12.7. The van der Waals surface area contributed by atoms with E-state index in [-0.39, 0.29) is 0 Å². The van der Waals surface area contributed by atoms with Gasteiger partial charge in [0.15, 0.2) is 37.0 Å². The average Bonchev–Trinajstić information content (AvgIpc) is 3.41. The predicted molar refractivity (Wildman–Crippen MR) is 182 cm³/mol. The van der Waals surface area contributed by atoms with Crippen molar-refractivity contribution in [1.29, 1.82) is 0 Å². The van der Waals surface area contributed by atoms with E-state index >= 15 is 0 Å². The fraction of sp³-hybridized carbons (Fsp3) is 0.774. The van der Waals surface area contributed by atoms with Crippen molar-refractivity contribution in [2.24, 2.45) is 15.3 Å². The van der Waals surface area contributed by atoms with Gasteiger partial charge in [0.05, 0.1) is 18.2 Å². The molecule has 2 aliphatic heterocycles. The third kappa shape index (κ3) is 12.8. The molecule has 3 rings (SSSR count). The van der Waals surface area contributed by atoms with Crippen LogP contribution in [0.4, 0.5) is 0 Å². The van der Waals surface area contributed by atoms with Gasteiger partial charge in [-0.3, -0.25) is 33.6 Å². The van der Waals surface area contributed by atoms with E-state index in [2.05, 4.69) is 30.1 Å². The Morgan fingerprint density at radius 1 is 0.483 bits per heavy atom. The fourth-order valence-electron chi connectivity index (χ4n) is 6.43. The number of esters is 7. The fourth-order valence-corrected chi connectivity index (χ4v) is 6.43. The lowest BCUT2D eigenvalue weighted by Crippen LogP contribution is -2.65. The van der Waals surface area contributed by atoms with Crippen molar-refractivity contribution in [2.45, 2.75) is 141 Å². The third-order valence-corrected chi connectivity index (χ3v) is 8.35. The molecule has 3 fully saturated rings. The molecule has 0 aromatic heterocycles. The number of hydrogen-bond acceptors (Lipinski definition) is 21. The number of azide groups is 3. The van der Waals surface area contributed by atoms with Crippen molar-refractivity contribution < 1.29 is 85.7 Å². The maximum Gasteiger partial charge on any atom is 0.303 e. The van der Waals surface area contributed by atoms with Crippen molar-refractivity contribution in [3.8, 4) is 0 Å². The quantitative estimate of drug-likeness (QED) is 0.0698. The Hall–Kier alpha value is -5.94. The molecule has 0 unspecified atom stereocenters. The smallest absolute Gasteiger partial charge is 0.303 e. The van der Waals surface area contributed by atoms with Gasteiger partial charge in [0.1, 0.15) is 43.7 Å². The molecule has 0 radical (unpaired) electrons. The second kappa shape index (κ2) is 21.5. The van der Waals surface area contributed by atoms with Gasteiger partial charge in [-0.2, -0.15) is 0 Å². The zero-order valence-corrected chi connectivity index (χ0v) is 32.1. The van der Waals surface area contributed by atoms with Crippen molar-refractivity contribution in [2.75, 3.05) is 13.2 Å². The number of nitrogens with zero attached hydrogens (tertiary/aromatic N) is 9. The van der Waals surface area contributed by atoms with E-state index in [1.807, 2.05) is 0 Å². The van der Waals surface area contributed by atoms with Crippen LogP contribution in [-0.4, -0.2) is 141 Å². The number of hydrogen-bond donors (Lipinski definition) is 0. The highest BCUT2D eigenvalue weighted by atomic mass is 16.8. The summed E-state index contributed by atoms with van der Waals surface area (Å²) in [6, 6.07) is -4.56. The first-order valence-electron chi connectivity index (χ1n) is 17.3. The van der Waals surface area contributed by atoms with Crippen LogP contribution in [0.2, 0.25) is 0 Å². The molecule has 3 aliphatic rings. The number of carbonyl (C=O) groups is 7. The van der Waals surface area contributed by atoms with Crippen LogP contribution in [0.25, 0.3) is 31.3 Å². The monoisotopic (exact) mass is 827 g/mol. The van der Waals surface area contributed by atoms with E-state index in [1.165, 1.54) is 0 Å². The number of ether oxygens (including phenoxy) is 11. The molecule has 0 N–H and O–H groups in total. The Morgan fingerprint density at radius 2 is 0.862 bits per heavy atom. The summed E-state index contributed by atoms with van der Waals surface area (Å²) in [5.41, 5.74) is 28.7. The second-order valence-electron chi connectivity index (χ2n) is 12.7. The summed E-state index contributed by atoms with van der Waals surface area (Å²) in [4.78, 5) is 93.7. The molecule has 2 heterocycles. The van der Waals surface area contributed by atoms with Crippen LogP contribution in [0.3, 0.4) is 0 Å². The normalized spacial score (nSPS) is 32.6. The number of rotatable bonds is 16. The molecule has 0 aromatic carbocycles. The van der Waals surface area contributed by atoms with E-state index in [1.54, 1.807) is 0 Å². The summed E-state index contributed by atoms with van der Waals surface area (Å²) < 4.78 is 62.0. The lowest BCUT2D eigenvalue weighted by molar-refractivity contribution is -0.313. The Balaban J connectivity index is 2.26. The zero-order chi connectivity index (χ0) is 43.3. The summed E-state index contributed by atoms with van der Waals surface area (Å²) in [5, 5.41) is 11.2. The molecule has 1 aliphatic carbocycles. The first-order chi connectivity index (χ1) is 27.4. The molecule has 1 saturated carbocycles. The maximum atomic E-state index is 12.6. The topological polar surface area (TPSA) is 367 Å². The van der Waals surface area contributed by atoms with Crippen LogP contribution in [0.5, 0.6) is 0 Å². The molecule has 0 amide bonds.